The SMILES string of the molecule is Cc1ccn(-c2nc(O)c3[c]cccc3n2)c1C. The highest BCUT2D eigenvalue weighted by Gasteiger charge is 2.10. The number of hydrogen-bond acceptors (Lipinski definition) is 3. The van der Waals surface area contributed by atoms with E-state index >= 15 is 0 Å². The molecular weight excluding hydrogens is 226 g/mol. The third kappa shape index (κ3) is 1.54. The van der Waals surface area contributed by atoms with Crippen LogP contribution in [0.2, 0.25) is 0 Å². The van der Waals surface area contributed by atoms with E-state index in [0.717, 1.165) is 11.3 Å². The second kappa shape index (κ2) is 3.84. The van der Waals surface area contributed by atoms with Crippen LogP contribution in [0.1, 0.15) is 11.3 Å². The minimum atomic E-state index is -0.0404. The molecule has 0 atom stereocenters. The number of hydrogen-bond donors (Lipinski definition) is 1. The fourth-order valence-electron chi connectivity index (χ4n) is 1.92. The molecule has 89 valence electrons. The lowest BCUT2D eigenvalue weighted by Gasteiger charge is -2.07. The van der Waals surface area contributed by atoms with E-state index in [9.17, 15) is 5.11 Å². The summed E-state index contributed by atoms with van der Waals surface area (Å²) in [4.78, 5) is 8.56. The van der Waals surface area contributed by atoms with Crippen LogP contribution >= 0.6 is 0 Å². The predicted octanol–water partition coefficient (Wildman–Crippen LogP) is 2.54. The van der Waals surface area contributed by atoms with E-state index in [4.69, 9.17) is 0 Å². The predicted molar refractivity (Wildman–Crippen MR) is 68.8 cm³/mol. The van der Waals surface area contributed by atoms with Crippen LogP contribution in [0, 0.1) is 19.9 Å². The van der Waals surface area contributed by atoms with Crippen LogP contribution in [0.5, 0.6) is 5.88 Å². The van der Waals surface area contributed by atoms with Gasteiger partial charge < -0.3 is 5.11 Å². The Bertz CT molecular complexity index is 731. The van der Waals surface area contributed by atoms with E-state index < -0.39 is 0 Å². The molecule has 4 nitrogen and oxygen atoms in total. The second-order valence-electron chi connectivity index (χ2n) is 4.23. The fourth-order valence-corrected chi connectivity index (χ4v) is 1.92. The van der Waals surface area contributed by atoms with Crippen molar-refractivity contribution in [1.29, 1.82) is 0 Å². The molecule has 1 aromatic carbocycles. The van der Waals surface area contributed by atoms with Gasteiger partial charge in [0.25, 0.3) is 0 Å². The van der Waals surface area contributed by atoms with Crippen molar-refractivity contribution in [3.05, 3.63) is 47.8 Å². The molecule has 0 aliphatic rings. The van der Waals surface area contributed by atoms with Gasteiger partial charge in [-0.2, -0.15) is 4.98 Å². The highest BCUT2D eigenvalue weighted by Crippen LogP contribution is 2.22. The molecule has 18 heavy (non-hydrogen) atoms. The number of aromatic hydroxyl groups is 1. The molecule has 0 unspecified atom stereocenters. The first kappa shape index (κ1) is 10.8. The van der Waals surface area contributed by atoms with E-state index in [1.54, 1.807) is 6.07 Å². The molecule has 2 heterocycles. The molecule has 0 spiro atoms. The summed E-state index contributed by atoms with van der Waals surface area (Å²) in [6.45, 7) is 4.03. The van der Waals surface area contributed by atoms with Crippen LogP contribution in [-0.4, -0.2) is 19.6 Å². The summed E-state index contributed by atoms with van der Waals surface area (Å²) >= 11 is 0. The number of benzene rings is 1. The summed E-state index contributed by atoms with van der Waals surface area (Å²) in [5, 5.41) is 10.5. The van der Waals surface area contributed by atoms with Gasteiger partial charge in [-0.15, -0.1) is 0 Å². The molecule has 0 amide bonds. The lowest BCUT2D eigenvalue weighted by Crippen LogP contribution is -2.02. The Morgan fingerprint density at radius 3 is 2.78 bits per heavy atom. The minimum absolute atomic E-state index is 0.0404. The molecule has 0 fully saturated rings. The highest BCUT2D eigenvalue weighted by atomic mass is 16.3. The molecule has 2 aromatic heterocycles. The average molecular weight is 238 g/mol. The Labute approximate surface area is 105 Å². The zero-order chi connectivity index (χ0) is 12.7. The lowest BCUT2D eigenvalue weighted by molar-refractivity contribution is 0.458. The maximum Gasteiger partial charge on any atom is 0.237 e. The van der Waals surface area contributed by atoms with Gasteiger partial charge in [-0.3, -0.25) is 4.57 Å². The second-order valence-corrected chi connectivity index (χ2v) is 4.23. The van der Waals surface area contributed by atoms with Crippen molar-refractivity contribution in [3.63, 3.8) is 0 Å². The summed E-state index contributed by atoms with van der Waals surface area (Å²) in [6, 6.07) is 10.3. The maximum absolute atomic E-state index is 9.92. The maximum atomic E-state index is 9.92. The Hall–Kier alpha value is -2.36. The van der Waals surface area contributed by atoms with Crippen LogP contribution in [0.4, 0.5) is 0 Å². The van der Waals surface area contributed by atoms with Gasteiger partial charge in [0.05, 0.1) is 10.9 Å². The Balaban J connectivity index is 2.28. The summed E-state index contributed by atoms with van der Waals surface area (Å²) in [5.41, 5.74) is 2.91. The summed E-state index contributed by atoms with van der Waals surface area (Å²) in [7, 11) is 0. The average Bonchev–Trinajstić information content (AvgIpc) is 2.70. The number of rotatable bonds is 1. The number of aryl methyl sites for hydroxylation is 1. The lowest BCUT2D eigenvalue weighted by atomic mass is 10.2. The number of aromatic nitrogens is 3. The van der Waals surface area contributed by atoms with Crippen LogP contribution < -0.4 is 0 Å². The van der Waals surface area contributed by atoms with Crippen molar-refractivity contribution in [3.8, 4) is 11.8 Å². The molecule has 1 N–H and O–H groups in total. The number of nitrogens with zero attached hydrogens (tertiary/aromatic N) is 3. The molecule has 0 aliphatic heterocycles. The van der Waals surface area contributed by atoms with Crippen LogP contribution in [0.25, 0.3) is 16.9 Å². The molecule has 0 aliphatic carbocycles. The van der Waals surface area contributed by atoms with Crippen molar-refractivity contribution in [1.82, 2.24) is 14.5 Å². The fraction of sp³-hybridized carbons (Fsp3) is 0.143. The molecule has 0 saturated carbocycles. The van der Waals surface area contributed by atoms with E-state index in [1.165, 1.54) is 0 Å². The normalized spacial score (nSPS) is 11.0. The van der Waals surface area contributed by atoms with Crippen molar-refractivity contribution >= 4 is 10.9 Å². The quantitative estimate of drug-likeness (QED) is 0.708. The zero-order valence-corrected chi connectivity index (χ0v) is 10.2. The monoisotopic (exact) mass is 238 g/mol. The highest BCUT2D eigenvalue weighted by molar-refractivity contribution is 5.82. The standard InChI is InChI=1S/C14H12N3O/c1-9-7-8-17(10(9)2)14-15-12-6-4-3-5-11(12)13(18)16-14/h3-4,6-8H,1-2H3,(H,15,16,18). The van der Waals surface area contributed by atoms with Gasteiger partial charge in [0, 0.05) is 11.9 Å². The largest absolute Gasteiger partial charge is 0.493 e. The van der Waals surface area contributed by atoms with Gasteiger partial charge in [0.1, 0.15) is 0 Å². The first-order valence-corrected chi connectivity index (χ1v) is 5.69. The third-order valence-electron chi connectivity index (χ3n) is 3.11. The number of fused-ring (bicyclic) bond motifs is 1. The summed E-state index contributed by atoms with van der Waals surface area (Å²) in [6.07, 6.45) is 1.90. The summed E-state index contributed by atoms with van der Waals surface area (Å²) in [5.74, 6) is 0.437. The molecule has 3 rings (SSSR count). The first-order chi connectivity index (χ1) is 8.66. The van der Waals surface area contributed by atoms with E-state index in [1.807, 2.05) is 42.8 Å². The van der Waals surface area contributed by atoms with Crippen LogP contribution in [0.15, 0.2) is 30.5 Å². The summed E-state index contributed by atoms with van der Waals surface area (Å²) < 4.78 is 1.86. The van der Waals surface area contributed by atoms with Crippen LogP contribution in [0.3, 0.4) is 0 Å². The van der Waals surface area contributed by atoms with Gasteiger partial charge in [-0.05, 0) is 37.6 Å². The molecular formula is C14H12N3O. The van der Waals surface area contributed by atoms with Crippen molar-refractivity contribution in [2.75, 3.05) is 0 Å². The van der Waals surface area contributed by atoms with Crippen LogP contribution in [-0.2, 0) is 0 Å². The third-order valence-corrected chi connectivity index (χ3v) is 3.11. The molecule has 0 bridgehead atoms. The van der Waals surface area contributed by atoms with Gasteiger partial charge in [0.2, 0.25) is 11.8 Å². The smallest absolute Gasteiger partial charge is 0.237 e. The van der Waals surface area contributed by atoms with Crippen molar-refractivity contribution in [2.24, 2.45) is 0 Å². The van der Waals surface area contributed by atoms with Gasteiger partial charge >= 0.3 is 0 Å². The Morgan fingerprint density at radius 2 is 2.06 bits per heavy atom. The van der Waals surface area contributed by atoms with E-state index in [0.29, 0.717) is 16.9 Å². The van der Waals surface area contributed by atoms with E-state index in [-0.39, 0.29) is 5.88 Å². The van der Waals surface area contributed by atoms with Gasteiger partial charge in [0.15, 0.2) is 0 Å². The molecule has 1 radical (unpaired) electrons. The molecule has 0 saturated heterocycles. The van der Waals surface area contributed by atoms with Crippen molar-refractivity contribution in [2.45, 2.75) is 13.8 Å². The van der Waals surface area contributed by atoms with Gasteiger partial charge in [-0.1, -0.05) is 12.1 Å². The Kier molecular flexibility index (Phi) is 2.30. The molecule has 3 aromatic rings. The van der Waals surface area contributed by atoms with Crippen molar-refractivity contribution < 1.29 is 5.11 Å². The topological polar surface area (TPSA) is 50.9 Å². The molecule has 4 heteroatoms. The van der Waals surface area contributed by atoms with Gasteiger partial charge in [-0.25, -0.2) is 4.98 Å². The Morgan fingerprint density at radius 1 is 1.22 bits per heavy atom. The zero-order valence-electron chi connectivity index (χ0n) is 10.2. The minimum Gasteiger partial charge on any atom is -0.493 e. The first-order valence-electron chi connectivity index (χ1n) is 5.69. The van der Waals surface area contributed by atoms with E-state index in [2.05, 4.69) is 16.0 Å².